The van der Waals surface area contributed by atoms with Gasteiger partial charge in [0.2, 0.25) is 0 Å². The van der Waals surface area contributed by atoms with Crippen LogP contribution in [-0.2, 0) is 6.54 Å². The number of anilines is 2. The lowest BCUT2D eigenvalue weighted by Crippen LogP contribution is -2.45. The minimum atomic E-state index is -1.13. The fourth-order valence-corrected chi connectivity index (χ4v) is 4.07. The SMILES string of the molecule is CNc1cn[nH]c1-c1cc2c(cn1)c(N1CC(C)C1)nn2CC1(F)CCC1. The van der Waals surface area contributed by atoms with E-state index in [-0.39, 0.29) is 0 Å². The summed E-state index contributed by atoms with van der Waals surface area (Å²) in [6.45, 7) is 4.50. The van der Waals surface area contributed by atoms with Crippen molar-refractivity contribution in [3.05, 3.63) is 18.5 Å². The smallest absolute Gasteiger partial charge is 0.160 e. The highest BCUT2D eigenvalue weighted by Crippen LogP contribution is 2.39. The molecule has 2 aliphatic rings. The van der Waals surface area contributed by atoms with E-state index in [1.807, 2.05) is 24.0 Å². The Morgan fingerprint density at radius 3 is 2.81 bits per heavy atom. The number of fused-ring (bicyclic) bond motifs is 1. The van der Waals surface area contributed by atoms with Crippen LogP contribution in [0.2, 0.25) is 0 Å². The summed E-state index contributed by atoms with van der Waals surface area (Å²) in [5, 5.41) is 16.0. The Morgan fingerprint density at radius 2 is 2.15 bits per heavy atom. The number of hydrogen-bond acceptors (Lipinski definition) is 5. The molecule has 0 radical (unpaired) electrons. The van der Waals surface area contributed by atoms with Gasteiger partial charge in [-0.1, -0.05) is 6.92 Å². The molecule has 4 heterocycles. The molecule has 0 atom stereocenters. The molecule has 2 N–H and O–H groups in total. The normalized spacial score (nSPS) is 19.1. The van der Waals surface area contributed by atoms with Crippen LogP contribution in [0.15, 0.2) is 18.5 Å². The first kappa shape index (κ1) is 16.5. The molecule has 0 unspecified atom stereocenters. The minimum absolute atomic E-state index is 0.304. The lowest BCUT2D eigenvalue weighted by Gasteiger charge is -2.37. The molecule has 142 valence electrons. The number of alkyl halides is 1. The van der Waals surface area contributed by atoms with Crippen LogP contribution < -0.4 is 10.2 Å². The molecular formula is C19H24FN7. The topological polar surface area (TPSA) is 74.7 Å². The van der Waals surface area contributed by atoms with Crippen molar-refractivity contribution >= 4 is 22.4 Å². The standard InChI is InChI=1S/C19H24FN7/c1-12-9-26(10-12)18-13-7-22-14(17-15(21-2)8-23-24-17)6-16(13)27(25-18)11-19(20)4-3-5-19/h6-8,12,21H,3-5,9-11H2,1-2H3,(H,23,24). The van der Waals surface area contributed by atoms with Crippen molar-refractivity contribution < 1.29 is 4.39 Å². The molecule has 8 heteroatoms. The fraction of sp³-hybridized carbons (Fsp3) is 0.526. The van der Waals surface area contributed by atoms with Gasteiger partial charge in [-0.05, 0) is 31.2 Å². The lowest BCUT2D eigenvalue weighted by atomic mass is 9.82. The highest BCUT2D eigenvalue weighted by molar-refractivity contribution is 5.93. The number of hydrogen-bond donors (Lipinski definition) is 2. The van der Waals surface area contributed by atoms with Gasteiger partial charge in [-0.2, -0.15) is 10.2 Å². The van der Waals surface area contributed by atoms with Crippen molar-refractivity contribution in [2.75, 3.05) is 30.4 Å². The molecule has 1 saturated heterocycles. The van der Waals surface area contributed by atoms with Gasteiger partial charge in [0, 0.05) is 26.3 Å². The van der Waals surface area contributed by atoms with Crippen LogP contribution in [0, 0.1) is 5.92 Å². The van der Waals surface area contributed by atoms with E-state index in [1.165, 1.54) is 0 Å². The zero-order valence-corrected chi connectivity index (χ0v) is 15.7. The summed E-state index contributed by atoms with van der Waals surface area (Å²) in [6, 6.07) is 1.99. The number of halogens is 1. The largest absolute Gasteiger partial charge is 0.385 e. The Kier molecular flexibility index (Phi) is 3.63. The second kappa shape index (κ2) is 5.94. The van der Waals surface area contributed by atoms with E-state index in [0.29, 0.717) is 25.3 Å². The maximum absolute atomic E-state index is 14.9. The van der Waals surface area contributed by atoms with E-state index in [4.69, 9.17) is 5.10 Å². The lowest BCUT2D eigenvalue weighted by molar-refractivity contribution is 0.0419. The number of H-pyrrole nitrogens is 1. The summed E-state index contributed by atoms with van der Waals surface area (Å²) in [4.78, 5) is 6.89. The quantitative estimate of drug-likeness (QED) is 0.722. The number of rotatable bonds is 5. The molecule has 3 aromatic heterocycles. The van der Waals surface area contributed by atoms with Crippen molar-refractivity contribution in [2.24, 2.45) is 5.92 Å². The van der Waals surface area contributed by atoms with E-state index in [9.17, 15) is 4.39 Å². The van der Waals surface area contributed by atoms with Crippen molar-refractivity contribution in [1.29, 1.82) is 0 Å². The van der Waals surface area contributed by atoms with Gasteiger partial charge < -0.3 is 10.2 Å². The molecule has 0 spiro atoms. The first-order chi connectivity index (χ1) is 13.1. The zero-order chi connectivity index (χ0) is 18.6. The highest BCUT2D eigenvalue weighted by atomic mass is 19.1. The molecule has 7 nitrogen and oxygen atoms in total. The predicted octanol–water partition coefficient (Wildman–Crippen LogP) is 3.21. The maximum Gasteiger partial charge on any atom is 0.160 e. The average Bonchev–Trinajstić information content (AvgIpc) is 3.22. The summed E-state index contributed by atoms with van der Waals surface area (Å²) in [5.41, 5.74) is 2.27. The van der Waals surface area contributed by atoms with E-state index in [2.05, 4.69) is 32.3 Å². The van der Waals surface area contributed by atoms with Crippen LogP contribution in [0.25, 0.3) is 22.3 Å². The zero-order valence-electron chi connectivity index (χ0n) is 15.7. The Hall–Kier alpha value is -2.64. The van der Waals surface area contributed by atoms with Crippen LogP contribution in [0.1, 0.15) is 26.2 Å². The van der Waals surface area contributed by atoms with Gasteiger partial charge in [0.1, 0.15) is 11.4 Å². The van der Waals surface area contributed by atoms with Crippen LogP contribution in [0.5, 0.6) is 0 Å². The van der Waals surface area contributed by atoms with E-state index in [0.717, 1.165) is 53.3 Å². The van der Waals surface area contributed by atoms with E-state index in [1.54, 1.807) is 6.20 Å². The third kappa shape index (κ3) is 2.65. The van der Waals surface area contributed by atoms with Crippen molar-refractivity contribution in [3.63, 3.8) is 0 Å². The number of nitrogens with zero attached hydrogens (tertiary/aromatic N) is 5. The molecule has 3 aromatic rings. The van der Waals surface area contributed by atoms with Gasteiger partial charge in [0.25, 0.3) is 0 Å². The fourth-order valence-electron chi connectivity index (χ4n) is 4.07. The monoisotopic (exact) mass is 369 g/mol. The second-order valence-corrected chi connectivity index (χ2v) is 7.99. The molecule has 5 rings (SSSR count). The second-order valence-electron chi connectivity index (χ2n) is 7.99. The van der Waals surface area contributed by atoms with Crippen LogP contribution in [0.3, 0.4) is 0 Å². The summed E-state index contributed by atoms with van der Waals surface area (Å²) in [7, 11) is 1.85. The van der Waals surface area contributed by atoms with Gasteiger partial charge in [0.05, 0.1) is 35.0 Å². The Balaban J connectivity index is 1.61. The van der Waals surface area contributed by atoms with Gasteiger partial charge in [-0.15, -0.1) is 0 Å². The molecule has 2 fully saturated rings. The third-order valence-corrected chi connectivity index (χ3v) is 5.83. The molecule has 1 aliphatic carbocycles. The first-order valence-corrected chi connectivity index (χ1v) is 9.58. The van der Waals surface area contributed by atoms with Crippen LogP contribution in [0.4, 0.5) is 15.9 Å². The summed E-state index contributed by atoms with van der Waals surface area (Å²) in [5.74, 6) is 1.59. The number of aromatic nitrogens is 5. The summed E-state index contributed by atoms with van der Waals surface area (Å²) in [6.07, 6.45) is 5.78. The number of aromatic amines is 1. The molecule has 0 bridgehead atoms. The molecule has 0 aromatic carbocycles. The summed E-state index contributed by atoms with van der Waals surface area (Å²) < 4.78 is 16.7. The Labute approximate surface area is 157 Å². The van der Waals surface area contributed by atoms with Crippen molar-refractivity contribution in [1.82, 2.24) is 25.0 Å². The number of nitrogens with one attached hydrogen (secondary N) is 2. The average molecular weight is 369 g/mol. The molecule has 1 saturated carbocycles. The first-order valence-electron chi connectivity index (χ1n) is 9.58. The van der Waals surface area contributed by atoms with Crippen LogP contribution >= 0.6 is 0 Å². The minimum Gasteiger partial charge on any atom is -0.385 e. The van der Waals surface area contributed by atoms with Gasteiger partial charge in [0.15, 0.2) is 5.82 Å². The van der Waals surface area contributed by atoms with E-state index < -0.39 is 5.67 Å². The van der Waals surface area contributed by atoms with Gasteiger partial charge in [-0.3, -0.25) is 14.8 Å². The maximum atomic E-state index is 14.9. The van der Waals surface area contributed by atoms with Crippen LogP contribution in [-0.4, -0.2) is 50.8 Å². The molecular weight excluding hydrogens is 345 g/mol. The Morgan fingerprint density at radius 1 is 1.33 bits per heavy atom. The van der Waals surface area contributed by atoms with E-state index >= 15 is 0 Å². The highest BCUT2D eigenvalue weighted by Gasteiger charge is 2.38. The summed E-state index contributed by atoms with van der Waals surface area (Å²) >= 11 is 0. The number of pyridine rings is 1. The van der Waals surface area contributed by atoms with Gasteiger partial charge in [-0.25, -0.2) is 4.39 Å². The predicted molar refractivity (Wildman–Crippen MR) is 104 cm³/mol. The molecule has 27 heavy (non-hydrogen) atoms. The van der Waals surface area contributed by atoms with Crippen molar-refractivity contribution in [3.8, 4) is 11.4 Å². The van der Waals surface area contributed by atoms with Crippen molar-refractivity contribution in [2.45, 2.75) is 38.4 Å². The molecule has 1 aliphatic heterocycles. The van der Waals surface area contributed by atoms with Gasteiger partial charge >= 0.3 is 0 Å². The third-order valence-electron chi connectivity index (χ3n) is 5.83. The molecule has 0 amide bonds. The Bertz CT molecular complexity index is 981.